The number of benzene rings is 1. The van der Waals surface area contributed by atoms with Crippen molar-refractivity contribution in [1.29, 1.82) is 0 Å². The number of aryl methyl sites for hydroxylation is 1. The number of hydrogen-bond donors (Lipinski definition) is 1. The summed E-state index contributed by atoms with van der Waals surface area (Å²) < 4.78 is 5.68. The Balaban J connectivity index is 2.04. The number of hydrogen-bond acceptors (Lipinski definition) is 3. The molecule has 0 saturated heterocycles. The summed E-state index contributed by atoms with van der Waals surface area (Å²) in [7, 11) is 1.88. The van der Waals surface area contributed by atoms with E-state index in [4.69, 9.17) is 16.3 Å². The summed E-state index contributed by atoms with van der Waals surface area (Å²) in [5, 5.41) is 3.82. The minimum atomic E-state index is 0.441. The molecule has 0 aliphatic rings. The zero-order valence-electron chi connectivity index (χ0n) is 10.4. The molecule has 18 heavy (non-hydrogen) atoms. The van der Waals surface area contributed by atoms with Gasteiger partial charge in [-0.05, 0) is 42.8 Å². The quantitative estimate of drug-likeness (QED) is 0.913. The summed E-state index contributed by atoms with van der Waals surface area (Å²) >= 11 is 5.96. The predicted molar refractivity (Wildman–Crippen MR) is 74.3 cm³/mol. The standard InChI is InChI=1S/C14H15ClN2O/c1-10-7-13(3-4-14(10)15)18-9-12-8-11(16-2)5-6-17-12/h3-8H,9H2,1-2H3,(H,16,17). The monoisotopic (exact) mass is 262 g/mol. The van der Waals surface area contributed by atoms with Crippen LogP contribution in [0, 0.1) is 6.92 Å². The number of ether oxygens (including phenoxy) is 1. The fourth-order valence-corrected chi connectivity index (χ4v) is 1.69. The normalized spacial score (nSPS) is 10.2. The molecule has 1 N–H and O–H groups in total. The third kappa shape index (κ3) is 3.14. The molecule has 4 heteroatoms. The van der Waals surface area contributed by atoms with Gasteiger partial charge in [-0.15, -0.1) is 0 Å². The highest BCUT2D eigenvalue weighted by molar-refractivity contribution is 6.31. The molecule has 0 amide bonds. The van der Waals surface area contributed by atoms with E-state index < -0.39 is 0 Å². The minimum Gasteiger partial charge on any atom is -0.487 e. The van der Waals surface area contributed by atoms with Crippen LogP contribution in [0.25, 0.3) is 0 Å². The number of anilines is 1. The largest absolute Gasteiger partial charge is 0.487 e. The average molecular weight is 263 g/mol. The molecule has 94 valence electrons. The number of halogens is 1. The molecular formula is C14H15ClN2O. The van der Waals surface area contributed by atoms with Crippen LogP contribution in [-0.4, -0.2) is 12.0 Å². The Morgan fingerprint density at radius 3 is 2.83 bits per heavy atom. The predicted octanol–water partition coefficient (Wildman–Crippen LogP) is 3.66. The van der Waals surface area contributed by atoms with Crippen LogP contribution in [0.3, 0.4) is 0 Å². The molecule has 0 fully saturated rings. The van der Waals surface area contributed by atoms with Crippen LogP contribution in [0.15, 0.2) is 36.5 Å². The van der Waals surface area contributed by atoms with Crippen LogP contribution >= 0.6 is 11.6 Å². The number of nitrogens with one attached hydrogen (secondary N) is 1. The molecule has 1 aromatic carbocycles. The lowest BCUT2D eigenvalue weighted by Gasteiger charge is -2.08. The van der Waals surface area contributed by atoms with E-state index in [1.54, 1.807) is 6.20 Å². The lowest BCUT2D eigenvalue weighted by molar-refractivity contribution is 0.301. The van der Waals surface area contributed by atoms with Gasteiger partial charge in [0.25, 0.3) is 0 Å². The van der Waals surface area contributed by atoms with Gasteiger partial charge in [-0.25, -0.2) is 0 Å². The molecule has 0 aliphatic heterocycles. The van der Waals surface area contributed by atoms with Crippen LogP contribution < -0.4 is 10.1 Å². The maximum atomic E-state index is 5.96. The van der Waals surface area contributed by atoms with E-state index in [0.29, 0.717) is 6.61 Å². The molecule has 1 aromatic heterocycles. The summed E-state index contributed by atoms with van der Waals surface area (Å²) in [4.78, 5) is 4.25. The van der Waals surface area contributed by atoms with Gasteiger partial charge in [0.05, 0.1) is 5.69 Å². The zero-order valence-corrected chi connectivity index (χ0v) is 11.2. The van der Waals surface area contributed by atoms with Gasteiger partial charge < -0.3 is 10.1 Å². The maximum absolute atomic E-state index is 5.96. The van der Waals surface area contributed by atoms with Gasteiger partial charge in [-0.2, -0.15) is 0 Å². The van der Waals surface area contributed by atoms with Crippen molar-refractivity contribution in [3.63, 3.8) is 0 Å². The zero-order chi connectivity index (χ0) is 13.0. The molecule has 2 aromatic rings. The SMILES string of the molecule is CNc1ccnc(COc2ccc(Cl)c(C)c2)c1. The number of nitrogens with zero attached hydrogens (tertiary/aromatic N) is 1. The van der Waals surface area contributed by atoms with E-state index in [1.165, 1.54) is 0 Å². The molecule has 0 saturated carbocycles. The van der Waals surface area contributed by atoms with E-state index in [0.717, 1.165) is 27.7 Å². The van der Waals surface area contributed by atoms with Crippen molar-refractivity contribution in [1.82, 2.24) is 4.98 Å². The fraction of sp³-hybridized carbons (Fsp3) is 0.214. The summed E-state index contributed by atoms with van der Waals surface area (Å²) in [5.74, 6) is 0.800. The number of pyridine rings is 1. The Morgan fingerprint density at radius 1 is 1.28 bits per heavy atom. The first kappa shape index (κ1) is 12.7. The van der Waals surface area contributed by atoms with Crippen LogP contribution in [0.1, 0.15) is 11.3 Å². The topological polar surface area (TPSA) is 34.2 Å². The van der Waals surface area contributed by atoms with Crippen molar-refractivity contribution < 1.29 is 4.74 Å². The second kappa shape index (κ2) is 5.74. The summed E-state index contributed by atoms with van der Waals surface area (Å²) in [6.07, 6.45) is 1.76. The average Bonchev–Trinajstić information content (AvgIpc) is 2.40. The van der Waals surface area contributed by atoms with Crippen molar-refractivity contribution in [2.24, 2.45) is 0 Å². The Kier molecular flexibility index (Phi) is 4.05. The van der Waals surface area contributed by atoms with E-state index in [9.17, 15) is 0 Å². The van der Waals surface area contributed by atoms with Gasteiger partial charge in [0.15, 0.2) is 0 Å². The third-order valence-corrected chi connectivity index (χ3v) is 3.05. The Bertz CT molecular complexity index is 543. The van der Waals surface area contributed by atoms with Gasteiger partial charge in [0, 0.05) is 24.0 Å². The molecule has 2 rings (SSSR count). The first-order valence-corrected chi connectivity index (χ1v) is 6.08. The van der Waals surface area contributed by atoms with E-state index in [1.807, 2.05) is 44.3 Å². The van der Waals surface area contributed by atoms with Crippen LogP contribution in [0.2, 0.25) is 5.02 Å². The Labute approximate surface area is 112 Å². The highest BCUT2D eigenvalue weighted by Gasteiger charge is 2.01. The number of rotatable bonds is 4. The van der Waals surface area contributed by atoms with Crippen LogP contribution in [-0.2, 0) is 6.61 Å². The summed E-state index contributed by atoms with van der Waals surface area (Å²) in [6.45, 7) is 2.39. The molecule has 0 spiro atoms. The smallest absolute Gasteiger partial charge is 0.130 e. The first-order chi connectivity index (χ1) is 8.69. The summed E-state index contributed by atoms with van der Waals surface area (Å²) in [6, 6.07) is 9.49. The Hall–Kier alpha value is -1.74. The van der Waals surface area contributed by atoms with Gasteiger partial charge in [0.1, 0.15) is 12.4 Å². The van der Waals surface area contributed by atoms with Gasteiger partial charge >= 0.3 is 0 Å². The van der Waals surface area contributed by atoms with Crippen molar-refractivity contribution in [2.75, 3.05) is 12.4 Å². The third-order valence-electron chi connectivity index (χ3n) is 2.62. The first-order valence-electron chi connectivity index (χ1n) is 5.70. The highest BCUT2D eigenvalue weighted by atomic mass is 35.5. The van der Waals surface area contributed by atoms with Crippen molar-refractivity contribution >= 4 is 17.3 Å². The fourth-order valence-electron chi connectivity index (χ4n) is 1.58. The maximum Gasteiger partial charge on any atom is 0.130 e. The van der Waals surface area contributed by atoms with Crippen LogP contribution in [0.4, 0.5) is 5.69 Å². The van der Waals surface area contributed by atoms with E-state index in [-0.39, 0.29) is 0 Å². The van der Waals surface area contributed by atoms with E-state index >= 15 is 0 Å². The number of aromatic nitrogens is 1. The molecule has 0 radical (unpaired) electrons. The molecular weight excluding hydrogens is 248 g/mol. The molecule has 0 bridgehead atoms. The molecule has 0 atom stereocenters. The lowest BCUT2D eigenvalue weighted by Crippen LogP contribution is -1.99. The van der Waals surface area contributed by atoms with E-state index in [2.05, 4.69) is 10.3 Å². The Morgan fingerprint density at radius 2 is 2.11 bits per heavy atom. The highest BCUT2D eigenvalue weighted by Crippen LogP contribution is 2.21. The van der Waals surface area contributed by atoms with Gasteiger partial charge in [-0.3, -0.25) is 4.98 Å². The molecule has 3 nitrogen and oxygen atoms in total. The minimum absolute atomic E-state index is 0.441. The molecule has 0 aliphatic carbocycles. The van der Waals surface area contributed by atoms with Gasteiger partial charge in [0.2, 0.25) is 0 Å². The van der Waals surface area contributed by atoms with Crippen molar-refractivity contribution in [3.05, 3.63) is 52.8 Å². The van der Waals surface area contributed by atoms with Gasteiger partial charge in [-0.1, -0.05) is 11.6 Å². The lowest BCUT2D eigenvalue weighted by atomic mass is 10.2. The summed E-state index contributed by atoms with van der Waals surface area (Å²) in [5.41, 5.74) is 2.91. The van der Waals surface area contributed by atoms with Crippen molar-refractivity contribution in [2.45, 2.75) is 13.5 Å². The molecule has 1 heterocycles. The van der Waals surface area contributed by atoms with Crippen molar-refractivity contribution in [3.8, 4) is 5.75 Å². The second-order valence-electron chi connectivity index (χ2n) is 3.99. The molecule has 0 unspecified atom stereocenters. The van der Waals surface area contributed by atoms with Crippen LogP contribution in [0.5, 0.6) is 5.75 Å². The second-order valence-corrected chi connectivity index (χ2v) is 4.39.